The molecule has 0 bridgehead atoms. The second-order valence-corrected chi connectivity index (χ2v) is 8.21. The Morgan fingerprint density at radius 3 is 2.47 bits per heavy atom. The number of hydrogen-bond acceptors (Lipinski definition) is 3. The van der Waals surface area contributed by atoms with Gasteiger partial charge in [-0.3, -0.25) is 0 Å². The molecule has 1 aromatic rings. The van der Waals surface area contributed by atoms with Gasteiger partial charge in [-0.15, -0.1) is 0 Å². The fourth-order valence-corrected chi connectivity index (χ4v) is 4.79. The van der Waals surface area contributed by atoms with Crippen LogP contribution in [0.2, 0.25) is 0 Å². The average Bonchev–Trinajstić information content (AvgIpc) is 2.22. The van der Waals surface area contributed by atoms with Crippen molar-refractivity contribution in [1.82, 2.24) is 4.72 Å². The zero-order valence-electron chi connectivity index (χ0n) is 10.9. The third-order valence-electron chi connectivity index (χ3n) is 2.56. The maximum atomic E-state index is 12.2. The van der Waals surface area contributed by atoms with Crippen LogP contribution in [0.15, 0.2) is 26.0 Å². The van der Waals surface area contributed by atoms with E-state index >= 15 is 0 Å². The highest BCUT2D eigenvalue weighted by atomic mass is 79.9. The van der Waals surface area contributed by atoms with E-state index in [1.807, 2.05) is 0 Å². The highest BCUT2D eigenvalue weighted by Crippen LogP contribution is 2.31. The predicted molar refractivity (Wildman–Crippen MR) is 85.5 cm³/mol. The molecule has 0 aliphatic heterocycles. The van der Waals surface area contributed by atoms with Gasteiger partial charge in [0.2, 0.25) is 10.0 Å². The van der Waals surface area contributed by atoms with Gasteiger partial charge < -0.3 is 5.73 Å². The van der Waals surface area contributed by atoms with Gasteiger partial charge in [-0.1, -0.05) is 29.8 Å². The van der Waals surface area contributed by atoms with Crippen LogP contribution in [0.4, 0.5) is 5.69 Å². The molecule has 0 aromatic heterocycles. The van der Waals surface area contributed by atoms with Crippen LogP contribution in [-0.4, -0.2) is 15.0 Å². The molecule has 0 atom stereocenters. The predicted octanol–water partition coefficient (Wildman–Crippen LogP) is 3.51. The Morgan fingerprint density at radius 1 is 1.32 bits per heavy atom. The topological polar surface area (TPSA) is 72.2 Å². The first kappa shape index (κ1) is 16.9. The number of sulfonamides is 1. The fourth-order valence-electron chi connectivity index (χ4n) is 1.65. The van der Waals surface area contributed by atoms with Crippen molar-refractivity contribution in [3.8, 4) is 0 Å². The molecule has 1 rings (SSSR count). The van der Waals surface area contributed by atoms with Crippen molar-refractivity contribution < 1.29 is 8.42 Å². The molecule has 7 heteroatoms. The first-order valence-corrected chi connectivity index (χ1v) is 9.05. The van der Waals surface area contributed by atoms with Crippen LogP contribution in [0.25, 0.3) is 0 Å². The number of hydrogen-bond donors (Lipinski definition) is 2. The normalized spacial score (nSPS) is 12.1. The summed E-state index contributed by atoms with van der Waals surface area (Å²) in [4.78, 5) is 0.0975. The smallest absolute Gasteiger partial charge is 0.243 e. The Hall–Kier alpha value is -0.110. The molecule has 0 amide bonds. The molecule has 0 aliphatic carbocycles. The van der Waals surface area contributed by atoms with Gasteiger partial charge in [-0.25, -0.2) is 13.1 Å². The average molecular weight is 414 g/mol. The minimum atomic E-state index is -3.58. The van der Waals surface area contributed by atoms with E-state index in [-0.39, 0.29) is 10.6 Å². The van der Waals surface area contributed by atoms with Crippen molar-refractivity contribution >= 4 is 47.6 Å². The fraction of sp³-hybridized carbons (Fsp3) is 0.500. The zero-order chi connectivity index (χ0) is 14.6. The molecule has 19 heavy (non-hydrogen) atoms. The molecule has 0 saturated carbocycles. The number of nitrogens with two attached hydrogens (primary N) is 1. The molecule has 3 N–H and O–H groups in total. The number of halogens is 2. The molecule has 0 saturated heterocycles. The van der Waals surface area contributed by atoms with Gasteiger partial charge in [0.1, 0.15) is 4.90 Å². The third-order valence-corrected chi connectivity index (χ3v) is 5.48. The Bertz CT molecular complexity index is 522. The standard InChI is InChI=1S/C12H18Br2N2O2S/c1-8(2)4-3-5-16-19(17,18)12-10(14)6-9(13)7-11(12)15/h6-8,16H,3-5,15H2,1-2H3. The van der Waals surface area contributed by atoms with Crippen LogP contribution in [0.5, 0.6) is 0 Å². The first-order valence-electron chi connectivity index (χ1n) is 5.98. The molecule has 0 aliphatic rings. The SMILES string of the molecule is CC(C)CCCNS(=O)(=O)c1c(N)cc(Br)cc1Br. The summed E-state index contributed by atoms with van der Waals surface area (Å²) in [7, 11) is -3.58. The van der Waals surface area contributed by atoms with E-state index in [4.69, 9.17) is 5.73 Å². The Labute approximate surface area is 131 Å². The van der Waals surface area contributed by atoms with Crippen molar-refractivity contribution in [2.45, 2.75) is 31.6 Å². The van der Waals surface area contributed by atoms with E-state index in [9.17, 15) is 8.42 Å². The van der Waals surface area contributed by atoms with Crippen LogP contribution in [0, 0.1) is 5.92 Å². The van der Waals surface area contributed by atoms with Crippen molar-refractivity contribution in [2.75, 3.05) is 12.3 Å². The van der Waals surface area contributed by atoms with Gasteiger partial charge in [-0.2, -0.15) is 0 Å². The molecular formula is C12H18Br2N2O2S. The van der Waals surface area contributed by atoms with Crippen LogP contribution < -0.4 is 10.5 Å². The minimum Gasteiger partial charge on any atom is -0.398 e. The van der Waals surface area contributed by atoms with E-state index in [1.165, 1.54) is 0 Å². The lowest BCUT2D eigenvalue weighted by Crippen LogP contribution is -2.26. The van der Waals surface area contributed by atoms with Crippen molar-refractivity contribution in [2.24, 2.45) is 5.92 Å². The summed E-state index contributed by atoms with van der Waals surface area (Å²) >= 11 is 6.51. The summed E-state index contributed by atoms with van der Waals surface area (Å²) in [6.45, 7) is 4.64. The second kappa shape index (κ2) is 7.06. The second-order valence-electron chi connectivity index (χ2n) is 4.74. The zero-order valence-corrected chi connectivity index (χ0v) is 14.9. The molecule has 0 spiro atoms. The molecule has 0 fully saturated rings. The lowest BCUT2D eigenvalue weighted by Gasteiger charge is -2.12. The summed E-state index contributed by atoms with van der Waals surface area (Å²) in [5.74, 6) is 0.564. The monoisotopic (exact) mass is 412 g/mol. The first-order chi connectivity index (χ1) is 8.74. The summed E-state index contributed by atoms with van der Waals surface area (Å²) in [5.41, 5.74) is 6.00. The minimum absolute atomic E-state index is 0.0975. The number of anilines is 1. The molecule has 0 heterocycles. The van der Waals surface area contributed by atoms with Gasteiger partial charge in [-0.05, 0) is 46.8 Å². The summed E-state index contributed by atoms with van der Waals surface area (Å²) in [6, 6.07) is 3.24. The van der Waals surface area contributed by atoms with Crippen LogP contribution in [0.1, 0.15) is 26.7 Å². The van der Waals surface area contributed by atoms with Crippen molar-refractivity contribution in [1.29, 1.82) is 0 Å². The largest absolute Gasteiger partial charge is 0.398 e. The molecular weight excluding hydrogens is 396 g/mol. The van der Waals surface area contributed by atoms with Crippen molar-refractivity contribution in [3.05, 3.63) is 21.1 Å². The molecule has 108 valence electrons. The highest BCUT2D eigenvalue weighted by molar-refractivity contribution is 9.11. The van der Waals surface area contributed by atoms with Crippen LogP contribution in [-0.2, 0) is 10.0 Å². The molecule has 0 unspecified atom stereocenters. The van der Waals surface area contributed by atoms with Gasteiger partial charge >= 0.3 is 0 Å². The molecule has 1 aromatic carbocycles. The third kappa shape index (κ3) is 5.06. The lowest BCUT2D eigenvalue weighted by molar-refractivity contribution is 0.540. The summed E-state index contributed by atoms with van der Waals surface area (Å²) in [5, 5.41) is 0. The maximum Gasteiger partial charge on any atom is 0.243 e. The van der Waals surface area contributed by atoms with E-state index in [0.29, 0.717) is 16.9 Å². The number of nitrogen functional groups attached to an aromatic ring is 1. The van der Waals surface area contributed by atoms with Crippen LogP contribution >= 0.6 is 31.9 Å². The quantitative estimate of drug-likeness (QED) is 0.553. The number of nitrogens with one attached hydrogen (secondary N) is 1. The Morgan fingerprint density at radius 2 is 1.95 bits per heavy atom. The van der Waals surface area contributed by atoms with E-state index in [0.717, 1.165) is 17.3 Å². The van der Waals surface area contributed by atoms with Crippen molar-refractivity contribution in [3.63, 3.8) is 0 Å². The summed E-state index contributed by atoms with van der Waals surface area (Å²) < 4.78 is 28.2. The number of rotatable bonds is 6. The Kier molecular flexibility index (Phi) is 6.29. The highest BCUT2D eigenvalue weighted by Gasteiger charge is 2.21. The van der Waals surface area contributed by atoms with E-state index in [2.05, 4.69) is 50.4 Å². The summed E-state index contributed by atoms with van der Waals surface area (Å²) in [6.07, 6.45) is 1.80. The van der Waals surface area contributed by atoms with Gasteiger partial charge in [0.15, 0.2) is 0 Å². The molecule has 4 nitrogen and oxygen atoms in total. The number of benzene rings is 1. The Balaban J connectivity index is 2.84. The lowest BCUT2D eigenvalue weighted by atomic mass is 10.1. The maximum absolute atomic E-state index is 12.2. The van der Waals surface area contributed by atoms with E-state index in [1.54, 1.807) is 12.1 Å². The van der Waals surface area contributed by atoms with Gasteiger partial charge in [0, 0.05) is 15.5 Å². The van der Waals surface area contributed by atoms with E-state index < -0.39 is 10.0 Å². The van der Waals surface area contributed by atoms with Gasteiger partial charge in [0.25, 0.3) is 0 Å². The van der Waals surface area contributed by atoms with Gasteiger partial charge in [0.05, 0.1) is 5.69 Å². The van der Waals surface area contributed by atoms with Crippen LogP contribution in [0.3, 0.4) is 0 Å². The molecule has 0 radical (unpaired) electrons.